The van der Waals surface area contributed by atoms with Gasteiger partial charge in [-0.15, -0.1) is 0 Å². The Labute approximate surface area is 152 Å². The van der Waals surface area contributed by atoms with Gasteiger partial charge in [0.1, 0.15) is 11.6 Å². The van der Waals surface area contributed by atoms with Crippen LogP contribution in [0.3, 0.4) is 0 Å². The van der Waals surface area contributed by atoms with Crippen molar-refractivity contribution in [2.24, 2.45) is 0 Å². The van der Waals surface area contributed by atoms with Crippen LogP contribution in [0.25, 0.3) is 10.9 Å². The lowest BCUT2D eigenvalue weighted by atomic mass is 10.0. The maximum Gasteiger partial charge on any atom is 0.132 e. The van der Waals surface area contributed by atoms with E-state index in [1.165, 1.54) is 24.9 Å². The van der Waals surface area contributed by atoms with Crippen LogP contribution in [0.15, 0.2) is 36.5 Å². The van der Waals surface area contributed by atoms with E-state index in [1.807, 2.05) is 12.3 Å². The number of rotatable bonds is 2. The third-order valence-corrected chi connectivity index (χ3v) is 5.72. The number of anilines is 2. The fourth-order valence-electron chi connectivity index (χ4n) is 4.33. The molecule has 0 atom stereocenters. The predicted octanol–water partition coefficient (Wildman–Crippen LogP) is 4.26. The molecule has 2 aliphatic heterocycles. The van der Waals surface area contributed by atoms with E-state index in [4.69, 9.17) is 4.98 Å². The van der Waals surface area contributed by atoms with Gasteiger partial charge in [0.2, 0.25) is 0 Å². The molecule has 4 nitrogen and oxygen atoms in total. The molecule has 0 unspecified atom stereocenters. The van der Waals surface area contributed by atoms with Crippen LogP contribution in [0.2, 0.25) is 0 Å². The molecule has 3 aromatic rings. The van der Waals surface area contributed by atoms with E-state index in [0.717, 1.165) is 54.0 Å². The number of hydrogen-bond acceptors (Lipinski definition) is 3. The third kappa shape index (κ3) is 2.62. The minimum absolute atomic E-state index is 0.143. The van der Waals surface area contributed by atoms with Crippen LogP contribution in [0.5, 0.6) is 0 Å². The van der Waals surface area contributed by atoms with Crippen molar-refractivity contribution in [1.29, 1.82) is 0 Å². The van der Waals surface area contributed by atoms with Gasteiger partial charge in [-0.25, -0.2) is 9.37 Å². The largest absolute Gasteiger partial charge is 0.370 e. The van der Waals surface area contributed by atoms with E-state index in [1.54, 1.807) is 12.1 Å². The van der Waals surface area contributed by atoms with Gasteiger partial charge in [0.05, 0.1) is 11.9 Å². The Bertz CT molecular complexity index is 925. The summed E-state index contributed by atoms with van der Waals surface area (Å²) in [5.74, 6) is 0.831. The van der Waals surface area contributed by atoms with Crippen molar-refractivity contribution in [2.45, 2.75) is 32.2 Å². The second-order valence-corrected chi connectivity index (χ2v) is 7.34. The van der Waals surface area contributed by atoms with Crippen molar-refractivity contribution in [3.05, 3.63) is 53.6 Å². The Morgan fingerprint density at radius 3 is 2.65 bits per heavy atom. The van der Waals surface area contributed by atoms with Crippen LogP contribution >= 0.6 is 0 Å². The zero-order chi connectivity index (χ0) is 17.5. The number of halogens is 1. The van der Waals surface area contributed by atoms with E-state index >= 15 is 0 Å². The number of benzene rings is 1. The monoisotopic (exact) mass is 350 g/mol. The van der Waals surface area contributed by atoms with Gasteiger partial charge in [-0.3, -0.25) is 0 Å². The third-order valence-electron chi connectivity index (χ3n) is 5.72. The highest BCUT2D eigenvalue weighted by Gasteiger charge is 2.23. The topological polar surface area (TPSA) is 35.2 Å². The molecule has 0 spiro atoms. The van der Waals surface area contributed by atoms with Gasteiger partial charge < -0.3 is 14.8 Å². The van der Waals surface area contributed by atoms with Crippen LogP contribution in [-0.4, -0.2) is 29.6 Å². The van der Waals surface area contributed by atoms with E-state index in [-0.39, 0.29) is 5.82 Å². The fraction of sp³-hybridized carbons (Fsp3) is 0.381. The molecule has 1 fully saturated rings. The highest BCUT2D eigenvalue weighted by atomic mass is 19.1. The summed E-state index contributed by atoms with van der Waals surface area (Å²) in [6, 6.07) is 9.55. The molecule has 0 radical (unpaired) electrons. The number of fused-ring (bicyclic) bond motifs is 3. The summed E-state index contributed by atoms with van der Waals surface area (Å²) in [5.41, 5.74) is 4.34. The molecule has 0 aliphatic carbocycles. The second-order valence-electron chi connectivity index (χ2n) is 7.34. The van der Waals surface area contributed by atoms with Gasteiger partial charge in [0.15, 0.2) is 0 Å². The number of pyridine rings is 1. The summed E-state index contributed by atoms with van der Waals surface area (Å²) in [6.45, 7) is 3.86. The smallest absolute Gasteiger partial charge is 0.132 e. The molecule has 2 aliphatic rings. The lowest BCUT2D eigenvalue weighted by Crippen LogP contribution is -2.31. The molecular formula is C21H23FN4. The minimum atomic E-state index is -0.143. The summed E-state index contributed by atoms with van der Waals surface area (Å²) in [7, 11) is 0. The molecule has 5 heteroatoms. The van der Waals surface area contributed by atoms with Gasteiger partial charge in [-0.05, 0) is 43.5 Å². The van der Waals surface area contributed by atoms with Crippen LogP contribution < -0.4 is 9.80 Å². The van der Waals surface area contributed by atoms with E-state index in [9.17, 15) is 4.39 Å². The summed E-state index contributed by atoms with van der Waals surface area (Å²) in [5, 5.41) is 0.733. The zero-order valence-electron chi connectivity index (χ0n) is 14.8. The van der Waals surface area contributed by atoms with Crippen molar-refractivity contribution in [1.82, 2.24) is 9.97 Å². The highest BCUT2D eigenvalue weighted by Crippen LogP contribution is 2.31. The lowest BCUT2D eigenvalue weighted by molar-refractivity contribution is 0.577. The maximum absolute atomic E-state index is 14.3. The SMILES string of the molecule is Fc1cccc2[nH]c3c(c12)CN(c1ccc(N2CCCCC2)cn1)CC3. The zero-order valence-corrected chi connectivity index (χ0v) is 14.8. The van der Waals surface area contributed by atoms with Crippen LogP contribution in [-0.2, 0) is 13.0 Å². The molecule has 0 amide bonds. The van der Waals surface area contributed by atoms with Gasteiger partial charge >= 0.3 is 0 Å². The fourth-order valence-corrected chi connectivity index (χ4v) is 4.33. The van der Waals surface area contributed by atoms with Crippen LogP contribution in [0, 0.1) is 5.82 Å². The maximum atomic E-state index is 14.3. The number of H-pyrrole nitrogens is 1. The van der Waals surface area contributed by atoms with Gasteiger partial charge in [0.25, 0.3) is 0 Å². The number of aromatic nitrogens is 2. The van der Waals surface area contributed by atoms with Crippen molar-refractivity contribution in [3.8, 4) is 0 Å². The molecule has 2 aromatic heterocycles. The Morgan fingerprint density at radius 1 is 0.962 bits per heavy atom. The standard InChI is InChI=1S/C21H23FN4/c22-17-5-4-6-19-21(17)16-14-26(12-9-18(16)24-19)20-8-7-15(13-23-20)25-10-2-1-3-11-25/h4-8,13,24H,1-3,9-12,14H2. The number of aromatic amines is 1. The summed E-state index contributed by atoms with van der Waals surface area (Å²) in [4.78, 5) is 12.8. The Balaban J connectivity index is 1.41. The summed E-state index contributed by atoms with van der Waals surface area (Å²) in [6.07, 6.45) is 6.75. The first-order valence-electron chi connectivity index (χ1n) is 9.53. The lowest BCUT2D eigenvalue weighted by Gasteiger charge is -2.30. The number of piperidine rings is 1. The van der Waals surface area contributed by atoms with Crippen molar-refractivity contribution in [3.63, 3.8) is 0 Å². The van der Waals surface area contributed by atoms with Gasteiger partial charge in [0, 0.05) is 54.8 Å². The van der Waals surface area contributed by atoms with Crippen molar-refractivity contribution < 1.29 is 4.39 Å². The minimum Gasteiger partial charge on any atom is -0.370 e. The summed E-state index contributed by atoms with van der Waals surface area (Å²) >= 11 is 0. The van der Waals surface area contributed by atoms with Gasteiger partial charge in [-0.2, -0.15) is 0 Å². The molecule has 26 heavy (non-hydrogen) atoms. The average Bonchev–Trinajstić information content (AvgIpc) is 3.08. The van der Waals surface area contributed by atoms with E-state index in [0.29, 0.717) is 6.54 Å². The summed E-state index contributed by atoms with van der Waals surface area (Å²) < 4.78 is 14.3. The average molecular weight is 350 g/mol. The van der Waals surface area contributed by atoms with Crippen molar-refractivity contribution >= 4 is 22.4 Å². The number of nitrogens with zero attached hydrogens (tertiary/aromatic N) is 3. The number of nitrogens with one attached hydrogen (secondary N) is 1. The normalized spacial score (nSPS) is 17.6. The Kier molecular flexibility index (Phi) is 3.80. The molecule has 0 bridgehead atoms. The first-order valence-corrected chi connectivity index (χ1v) is 9.53. The van der Waals surface area contributed by atoms with Gasteiger partial charge in [-0.1, -0.05) is 6.07 Å². The second kappa shape index (κ2) is 6.31. The first kappa shape index (κ1) is 15.7. The molecule has 1 aromatic carbocycles. The molecule has 134 valence electrons. The molecule has 0 saturated carbocycles. The van der Waals surface area contributed by atoms with Crippen LogP contribution in [0.1, 0.15) is 30.5 Å². The van der Waals surface area contributed by atoms with E-state index in [2.05, 4.69) is 26.9 Å². The van der Waals surface area contributed by atoms with Crippen LogP contribution in [0.4, 0.5) is 15.9 Å². The highest BCUT2D eigenvalue weighted by molar-refractivity contribution is 5.86. The Morgan fingerprint density at radius 2 is 1.85 bits per heavy atom. The molecule has 1 N–H and O–H groups in total. The molecule has 5 rings (SSSR count). The quantitative estimate of drug-likeness (QED) is 0.750. The predicted molar refractivity (Wildman–Crippen MR) is 103 cm³/mol. The Hall–Kier alpha value is -2.56. The molecule has 1 saturated heterocycles. The van der Waals surface area contributed by atoms with Crippen molar-refractivity contribution in [2.75, 3.05) is 29.4 Å². The molecule has 4 heterocycles. The number of hydrogen-bond donors (Lipinski definition) is 1. The molecular weight excluding hydrogens is 327 g/mol. The van der Waals surface area contributed by atoms with E-state index < -0.39 is 0 Å². The first-order chi connectivity index (χ1) is 12.8.